The summed E-state index contributed by atoms with van der Waals surface area (Å²) in [6, 6.07) is 1.99. The highest BCUT2D eigenvalue weighted by Crippen LogP contribution is 2.12. The molecular formula is C14H23N3O2. The molecule has 1 unspecified atom stereocenters. The van der Waals surface area contributed by atoms with Crippen molar-refractivity contribution in [3.8, 4) is 0 Å². The number of rotatable bonds is 7. The van der Waals surface area contributed by atoms with Gasteiger partial charge in [0.2, 0.25) is 0 Å². The van der Waals surface area contributed by atoms with Crippen molar-refractivity contribution in [2.75, 3.05) is 31.7 Å². The smallest absolute Gasteiger partial charge is 0.130 e. The highest BCUT2D eigenvalue weighted by atomic mass is 16.5. The molecular weight excluding hydrogens is 242 g/mol. The summed E-state index contributed by atoms with van der Waals surface area (Å²) in [5.74, 6) is 1.69. The van der Waals surface area contributed by atoms with E-state index in [1.807, 2.05) is 13.0 Å². The number of aromatic nitrogens is 2. The van der Waals surface area contributed by atoms with E-state index in [1.54, 1.807) is 0 Å². The number of ether oxygens (including phenoxy) is 2. The zero-order valence-corrected chi connectivity index (χ0v) is 11.8. The zero-order chi connectivity index (χ0) is 13.5. The lowest BCUT2D eigenvalue weighted by Gasteiger charge is -2.11. The molecule has 1 aromatic heterocycles. The molecule has 2 rings (SSSR count). The minimum absolute atomic E-state index is 0.299. The van der Waals surface area contributed by atoms with Gasteiger partial charge < -0.3 is 14.8 Å². The number of nitrogens with zero attached hydrogens (tertiary/aromatic N) is 2. The van der Waals surface area contributed by atoms with Gasteiger partial charge >= 0.3 is 0 Å². The van der Waals surface area contributed by atoms with Crippen LogP contribution in [-0.4, -0.2) is 42.4 Å². The van der Waals surface area contributed by atoms with Crippen LogP contribution in [-0.2, 0) is 15.9 Å². The van der Waals surface area contributed by atoms with Crippen LogP contribution in [0.5, 0.6) is 0 Å². The molecule has 1 aliphatic rings. The maximum absolute atomic E-state index is 5.60. The highest BCUT2D eigenvalue weighted by Gasteiger charge is 2.14. The lowest BCUT2D eigenvalue weighted by molar-refractivity contribution is 0.0206. The summed E-state index contributed by atoms with van der Waals surface area (Å²) in [5, 5.41) is 3.27. The van der Waals surface area contributed by atoms with Crippen LogP contribution >= 0.6 is 0 Å². The van der Waals surface area contributed by atoms with E-state index >= 15 is 0 Å². The van der Waals surface area contributed by atoms with Crippen molar-refractivity contribution in [3.63, 3.8) is 0 Å². The molecule has 1 aromatic rings. The average Bonchev–Trinajstić information content (AvgIpc) is 2.91. The Labute approximate surface area is 114 Å². The molecule has 19 heavy (non-hydrogen) atoms. The first-order valence-electron chi connectivity index (χ1n) is 7.05. The van der Waals surface area contributed by atoms with Gasteiger partial charge in [0.25, 0.3) is 0 Å². The molecule has 2 heterocycles. The summed E-state index contributed by atoms with van der Waals surface area (Å²) in [7, 11) is 0. The van der Waals surface area contributed by atoms with Gasteiger partial charge in [0, 0.05) is 24.9 Å². The minimum Gasteiger partial charge on any atom is -0.377 e. The first kappa shape index (κ1) is 14.2. The number of anilines is 1. The molecule has 0 aromatic carbocycles. The van der Waals surface area contributed by atoms with Crippen LogP contribution in [0.4, 0.5) is 5.82 Å². The van der Waals surface area contributed by atoms with Gasteiger partial charge in [-0.25, -0.2) is 9.97 Å². The van der Waals surface area contributed by atoms with Crippen LogP contribution in [0.25, 0.3) is 0 Å². The van der Waals surface area contributed by atoms with Crippen molar-refractivity contribution in [1.29, 1.82) is 0 Å². The van der Waals surface area contributed by atoms with E-state index in [0.29, 0.717) is 19.3 Å². The minimum atomic E-state index is 0.299. The Balaban J connectivity index is 1.66. The fourth-order valence-electron chi connectivity index (χ4n) is 2.14. The molecule has 0 spiro atoms. The van der Waals surface area contributed by atoms with E-state index in [9.17, 15) is 0 Å². The van der Waals surface area contributed by atoms with Crippen molar-refractivity contribution in [2.24, 2.45) is 0 Å². The second-order valence-corrected chi connectivity index (χ2v) is 4.78. The summed E-state index contributed by atoms with van der Waals surface area (Å²) in [6.45, 7) is 7.02. The molecule has 5 nitrogen and oxygen atoms in total. The third kappa shape index (κ3) is 4.76. The fourth-order valence-corrected chi connectivity index (χ4v) is 2.14. The summed E-state index contributed by atoms with van der Waals surface area (Å²) in [5.41, 5.74) is 1.07. The normalized spacial score (nSPS) is 18.7. The van der Waals surface area contributed by atoms with E-state index < -0.39 is 0 Å². The maximum atomic E-state index is 5.60. The molecule has 0 aliphatic carbocycles. The molecule has 1 aliphatic heterocycles. The Morgan fingerprint density at radius 1 is 1.47 bits per heavy atom. The lowest BCUT2D eigenvalue weighted by Crippen LogP contribution is -2.18. The Morgan fingerprint density at radius 3 is 3.11 bits per heavy atom. The Kier molecular flexibility index (Phi) is 5.54. The van der Waals surface area contributed by atoms with E-state index in [-0.39, 0.29) is 0 Å². The number of nitrogens with one attached hydrogen (secondary N) is 1. The first-order chi connectivity index (χ1) is 9.28. The van der Waals surface area contributed by atoms with Gasteiger partial charge in [-0.05, 0) is 26.2 Å². The Hall–Kier alpha value is -1.20. The third-order valence-corrected chi connectivity index (χ3v) is 3.13. The monoisotopic (exact) mass is 265 g/mol. The van der Waals surface area contributed by atoms with Gasteiger partial charge in [0.15, 0.2) is 0 Å². The van der Waals surface area contributed by atoms with Crippen LogP contribution in [0.2, 0.25) is 0 Å². The van der Waals surface area contributed by atoms with E-state index in [0.717, 1.165) is 49.8 Å². The topological polar surface area (TPSA) is 56.3 Å². The van der Waals surface area contributed by atoms with E-state index in [4.69, 9.17) is 9.47 Å². The average molecular weight is 265 g/mol. The summed E-state index contributed by atoms with van der Waals surface area (Å²) in [6.07, 6.45) is 3.51. The maximum Gasteiger partial charge on any atom is 0.130 e. The number of aryl methyl sites for hydroxylation is 2. The van der Waals surface area contributed by atoms with E-state index in [1.165, 1.54) is 0 Å². The quantitative estimate of drug-likeness (QED) is 0.764. The van der Waals surface area contributed by atoms with Crippen LogP contribution in [0.15, 0.2) is 6.07 Å². The molecule has 0 saturated carbocycles. The predicted molar refractivity (Wildman–Crippen MR) is 74.4 cm³/mol. The number of hydrogen-bond donors (Lipinski definition) is 1. The van der Waals surface area contributed by atoms with Gasteiger partial charge in [0.05, 0.1) is 19.3 Å². The molecule has 1 N–H and O–H groups in total. The molecule has 0 radical (unpaired) electrons. The zero-order valence-electron chi connectivity index (χ0n) is 11.8. The van der Waals surface area contributed by atoms with E-state index in [2.05, 4.69) is 22.2 Å². The van der Waals surface area contributed by atoms with Gasteiger partial charge in [0.1, 0.15) is 11.6 Å². The van der Waals surface area contributed by atoms with Crippen molar-refractivity contribution in [2.45, 2.75) is 39.2 Å². The van der Waals surface area contributed by atoms with Gasteiger partial charge in [-0.2, -0.15) is 0 Å². The van der Waals surface area contributed by atoms with Gasteiger partial charge in [-0.1, -0.05) is 6.92 Å². The van der Waals surface area contributed by atoms with Crippen molar-refractivity contribution in [1.82, 2.24) is 9.97 Å². The summed E-state index contributed by atoms with van der Waals surface area (Å²) < 4.78 is 11.1. The predicted octanol–water partition coefficient (Wildman–Crippen LogP) is 1.95. The number of hydrogen-bond acceptors (Lipinski definition) is 5. The fraction of sp³-hybridized carbons (Fsp3) is 0.714. The Bertz CT molecular complexity index is 392. The van der Waals surface area contributed by atoms with Crippen LogP contribution < -0.4 is 5.32 Å². The van der Waals surface area contributed by atoms with Crippen LogP contribution in [0, 0.1) is 6.92 Å². The van der Waals surface area contributed by atoms with Crippen molar-refractivity contribution >= 4 is 5.82 Å². The standard InChI is InChI=1S/C14H23N3O2/c1-3-12-9-14(17-11(2)16-12)15-6-8-18-10-13-5-4-7-19-13/h9,13H,3-8,10H2,1-2H3,(H,15,16,17). The molecule has 5 heteroatoms. The summed E-state index contributed by atoms with van der Waals surface area (Å²) >= 11 is 0. The van der Waals surface area contributed by atoms with Gasteiger partial charge in [-0.3, -0.25) is 0 Å². The SMILES string of the molecule is CCc1cc(NCCOCC2CCCO2)nc(C)n1. The van der Waals surface area contributed by atoms with Crippen LogP contribution in [0.3, 0.4) is 0 Å². The molecule has 1 saturated heterocycles. The van der Waals surface area contributed by atoms with Crippen LogP contribution in [0.1, 0.15) is 31.3 Å². The molecule has 1 fully saturated rings. The molecule has 106 valence electrons. The largest absolute Gasteiger partial charge is 0.377 e. The molecule has 0 amide bonds. The highest BCUT2D eigenvalue weighted by molar-refractivity contribution is 5.35. The third-order valence-electron chi connectivity index (χ3n) is 3.13. The first-order valence-corrected chi connectivity index (χ1v) is 7.05. The Morgan fingerprint density at radius 2 is 2.37 bits per heavy atom. The van der Waals surface area contributed by atoms with Crippen molar-refractivity contribution in [3.05, 3.63) is 17.6 Å². The second kappa shape index (κ2) is 7.40. The molecule has 0 bridgehead atoms. The summed E-state index contributed by atoms with van der Waals surface area (Å²) in [4.78, 5) is 8.70. The second-order valence-electron chi connectivity index (χ2n) is 4.78. The molecule has 1 atom stereocenters. The van der Waals surface area contributed by atoms with Gasteiger partial charge in [-0.15, -0.1) is 0 Å². The van der Waals surface area contributed by atoms with Crippen molar-refractivity contribution < 1.29 is 9.47 Å². The lowest BCUT2D eigenvalue weighted by atomic mass is 10.2.